The lowest BCUT2D eigenvalue weighted by Crippen LogP contribution is -2.33. The summed E-state index contributed by atoms with van der Waals surface area (Å²) in [4.78, 5) is 13.3. The van der Waals surface area contributed by atoms with E-state index in [1.807, 2.05) is 6.07 Å². The highest BCUT2D eigenvalue weighted by Crippen LogP contribution is 2.14. The van der Waals surface area contributed by atoms with Crippen molar-refractivity contribution in [2.75, 3.05) is 18.5 Å². The molecule has 0 aliphatic carbocycles. The molecule has 3 rings (SSSR count). The van der Waals surface area contributed by atoms with Gasteiger partial charge in [-0.2, -0.15) is 13.5 Å². The van der Waals surface area contributed by atoms with Gasteiger partial charge in [-0.15, -0.1) is 0 Å². The minimum Gasteiger partial charge on any atom is -0.478 e. The second kappa shape index (κ2) is 10.7. The molecule has 2 aromatic carbocycles. The van der Waals surface area contributed by atoms with E-state index in [2.05, 4.69) is 39.7 Å². The normalized spacial score (nSPS) is 14.5. The van der Waals surface area contributed by atoms with Crippen molar-refractivity contribution in [3.8, 4) is 0 Å². The Hall–Kier alpha value is -2.79. The number of likely N-dealkylation sites (tertiary alicyclic amines) is 1. The molecule has 0 radical (unpaired) electrons. The molecule has 0 saturated carbocycles. The number of piperidine rings is 1. The maximum Gasteiger partial charge on any atom is 0.394 e. The smallest absolute Gasteiger partial charge is 0.394 e. The van der Waals surface area contributed by atoms with Crippen molar-refractivity contribution in [2.24, 2.45) is 5.10 Å². The molecule has 4 N–H and O–H groups in total. The van der Waals surface area contributed by atoms with Crippen molar-refractivity contribution in [2.45, 2.75) is 19.4 Å². The molecule has 1 aliphatic rings. The molecule has 1 aliphatic heterocycles. The van der Waals surface area contributed by atoms with Gasteiger partial charge >= 0.3 is 16.4 Å². The fourth-order valence-electron chi connectivity index (χ4n) is 2.75. The van der Waals surface area contributed by atoms with Gasteiger partial charge in [0.15, 0.2) is 0 Å². The Kier molecular flexibility index (Phi) is 8.28. The number of carbonyl (C=O) groups is 1. The summed E-state index contributed by atoms with van der Waals surface area (Å²) in [5.74, 6) is -0.918. The minimum absolute atomic E-state index is 0.280. The Morgan fingerprint density at radius 3 is 2.07 bits per heavy atom. The predicted octanol–water partition coefficient (Wildman–Crippen LogP) is 2.80. The monoisotopic (exact) mass is 421 g/mol. The first kappa shape index (κ1) is 22.5. The zero-order valence-electron chi connectivity index (χ0n) is 15.6. The van der Waals surface area contributed by atoms with Gasteiger partial charge in [0.1, 0.15) is 0 Å². The van der Waals surface area contributed by atoms with Crippen molar-refractivity contribution in [1.82, 2.24) is 4.90 Å². The van der Waals surface area contributed by atoms with Crippen LogP contribution >= 0.6 is 0 Å². The molecular weight excluding hydrogens is 398 g/mol. The zero-order valence-corrected chi connectivity index (χ0v) is 16.4. The van der Waals surface area contributed by atoms with Crippen molar-refractivity contribution < 1.29 is 27.4 Å². The topological polar surface area (TPSA) is 140 Å². The van der Waals surface area contributed by atoms with Crippen LogP contribution in [0.1, 0.15) is 28.8 Å². The number of rotatable bonds is 5. The standard InChI is InChI=1S/C19H21N3O2.H2O4S/c23-19(24)16-6-8-17(9-7-16)20-21-18-10-12-22(13-11-18)14-15-4-2-1-3-5-15;1-5(2,3)4/h1-9,20H,10-14H2,(H,23,24);(H2,1,2,3,4). The summed E-state index contributed by atoms with van der Waals surface area (Å²) in [7, 11) is -4.67. The number of carboxylic acid groups (broad SMARTS) is 1. The minimum atomic E-state index is -4.67. The maximum atomic E-state index is 10.8. The average Bonchev–Trinajstić information content (AvgIpc) is 2.67. The third kappa shape index (κ3) is 9.30. The molecule has 1 heterocycles. The van der Waals surface area contributed by atoms with Gasteiger partial charge in [-0.05, 0) is 29.8 Å². The van der Waals surface area contributed by atoms with Crippen LogP contribution in [0, 0.1) is 0 Å². The number of nitrogens with one attached hydrogen (secondary N) is 1. The van der Waals surface area contributed by atoms with Gasteiger partial charge in [0.2, 0.25) is 0 Å². The number of nitrogens with zero attached hydrogens (tertiary/aromatic N) is 2. The van der Waals surface area contributed by atoms with E-state index in [1.165, 1.54) is 5.56 Å². The summed E-state index contributed by atoms with van der Waals surface area (Å²) in [6.45, 7) is 3.00. The quantitative estimate of drug-likeness (QED) is 0.427. The Labute approximate surface area is 169 Å². The molecule has 29 heavy (non-hydrogen) atoms. The van der Waals surface area contributed by atoms with Crippen molar-refractivity contribution in [1.29, 1.82) is 0 Å². The first-order chi connectivity index (χ1) is 13.7. The Morgan fingerprint density at radius 2 is 1.55 bits per heavy atom. The van der Waals surface area contributed by atoms with E-state index in [1.54, 1.807) is 24.3 Å². The van der Waals surface area contributed by atoms with E-state index in [0.29, 0.717) is 0 Å². The van der Waals surface area contributed by atoms with Gasteiger partial charge in [0.05, 0.1) is 11.3 Å². The number of hydrogen-bond acceptors (Lipinski definition) is 6. The van der Waals surface area contributed by atoms with Crippen LogP contribution < -0.4 is 5.43 Å². The van der Waals surface area contributed by atoms with E-state index in [4.69, 9.17) is 22.6 Å². The van der Waals surface area contributed by atoms with E-state index in [0.717, 1.165) is 43.9 Å². The second-order valence-electron chi connectivity index (χ2n) is 6.38. The van der Waals surface area contributed by atoms with E-state index in [9.17, 15) is 4.79 Å². The summed E-state index contributed by atoms with van der Waals surface area (Å²) in [5, 5.41) is 13.3. The lowest BCUT2D eigenvalue weighted by atomic mass is 10.1. The highest BCUT2D eigenvalue weighted by atomic mass is 32.3. The van der Waals surface area contributed by atoms with Gasteiger partial charge in [0, 0.05) is 38.2 Å². The first-order valence-corrected chi connectivity index (χ1v) is 10.2. The fourth-order valence-corrected chi connectivity index (χ4v) is 2.75. The molecule has 9 nitrogen and oxygen atoms in total. The summed E-state index contributed by atoms with van der Waals surface area (Å²) < 4.78 is 31.6. The number of benzene rings is 2. The van der Waals surface area contributed by atoms with Gasteiger partial charge in [0.25, 0.3) is 0 Å². The zero-order chi connectivity index (χ0) is 21.3. The average molecular weight is 421 g/mol. The number of hydrogen-bond donors (Lipinski definition) is 4. The second-order valence-corrected chi connectivity index (χ2v) is 7.28. The van der Waals surface area contributed by atoms with Crippen LogP contribution in [0.5, 0.6) is 0 Å². The highest BCUT2D eigenvalue weighted by molar-refractivity contribution is 7.79. The Balaban J connectivity index is 0.000000537. The fraction of sp³-hybridized carbons (Fsp3) is 0.263. The SMILES string of the molecule is O=C(O)c1ccc(NN=C2CCN(Cc3ccccc3)CC2)cc1.O=S(=O)(O)O. The maximum absolute atomic E-state index is 10.8. The van der Waals surface area contributed by atoms with Crippen LogP contribution in [0.4, 0.5) is 5.69 Å². The van der Waals surface area contributed by atoms with E-state index in [-0.39, 0.29) is 5.56 Å². The van der Waals surface area contributed by atoms with E-state index < -0.39 is 16.4 Å². The largest absolute Gasteiger partial charge is 0.478 e. The molecular formula is C19H23N3O6S. The van der Waals surface area contributed by atoms with Crippen LogP contribution in [0.2, 0.25) is 0 Å². The van der Waals surface area contributed by atoms with Gasteiger partial charge in [-0.3, -0.25) is 19.4 Å². The molecule has 10 heteroatoms. The molecule has 1 saturated heterocycles. The summed E-state index contributed by atoms with van der Waals surface area (Å²) in [6, 6.07) is 17.1. The highest BCUT2D eigenvalue weighted by Gasteiger charge is 2.15. The number of hydrazone groups is 1. The molecule has 0 atom stereocenters. The molecule has 0 unspecified atom stereocenters. The molecule has 2 aromatic rings. The first-order valence-electron chi connectivity index (χ1n) is 8.81. The number of carboxylic acids is 1. The van der Waals surface area contributed by atoms with Gasteiger partial charge in [-0.1, -0.05) is 30.3 Å². The van der Waals surface area contributed by atoms with Crippen LogP contribution in [-0.2, 0) is 16.9 Å². The van der Waals surface area contributed by atoms with Crippen LogP contribution in [0.3, 0.4) is 0 Å². The Bertz CT molecular complexity index is 912. The van der Waals surface area contributed by atoms with Crippen molar-refractivity contribution >= 4 is 27.8 Å². The lowest BCUT2D eigenvalue weighted by Gasteiger charge is -2.27. The number of aromatic carboxylic acids is 1. The molecule has 156 valence electrons. The summed E-state index contributed by atoms with van der Waals surface area (Å²) in [6.07, 6.45) is 1.90. The molecule has 0 bridgehead atoms. The van der Waals surface area contributed by atoms with Gasteiger partial charge in [-0.25, -0.2) is 4.79 Å². The summed E-state index contributed by atoms with van der Waals surface area (Å²) >= 11 is 0. The third-order valence-electron chi connectivity index (χ3n) is 4.16. The van der Waals surface area contributed by atoms with Crippen LogP contribution in [0.15, 0.2) is 59.7 Å². The van der Waals surface area contributed by atoms with Crippen LogP contribution in [0.25, 0.3) is 0 Å². The predicted molar refractivity (Wildman–Crippen MR) is 110 cm³/mol. The van der Waals surface area contributed by atoms with E-state index >= 15 is 0 Å². The molecule has 0 spiro atoms. The summed E-state index contributed by atoms with van der Waals surface area (Å²) in [5.41, 5.74) is 6.60. The van der Waals surface area contributed by atoms with Crippen LogP contribution in [-0.4, -0.2) is 52.3 Å². The number of anilines is 1. The molecule has 0 aromatic heterocycles. The van der Waals surface area contributed by atoms with Crippen molar-refractivity contribution in [3.63, 3.8) is 0 Å². The lowest BCUT2D eigenvalue weighted by molar-refractivity contribution is 0.0697. The molecule has 0 amide bonds. The Morgan fingerprint density at radius 1 is 1.00 bits per heavy atom. The molecule has 1 fully saturated rings. The third-order valence-corrected chi connectivity index (χ3v) is 4.16. The van der Waals surface area contributed by atoms with Crippen molar-refractivity contribution in [3.05, 3.63) is 65.7 Å². The van der Waals surface area contributed by atoms with Gasteiger partial charge < -0.3 is 5.11 Å².